The van der Waals surface area contributed by atoms with E-state index in [1.165, 1.54) is 11.2 Å². The highest BCUT2D eigenvalue weighted by molar-refractivity contribution is 6.42. The number of hydrogen-bond acceptors (Lipinski definition) is 4. The molecule has 0 spiro atoms. The SMILES string of the molecule is CN(Cc1ncn[nH]1)C(=O)COc1ccc(Cl)c(Cl)c1. The van der Waals surface area contributed by atoms with Crippen molar-refractivity contribution < 1.29 is 9.53 Å². The van der Waals surface area contributed by atoms with Crippen LogP contribution in [-0.2, 0) is 11.3 Å². The average Bonchev–Trinajstić information content (AvgIpc) is 2.92. The summed E-state index contributed by atoms with van der Waals surface area (Å²) in [4.78, 5) is 17.3. The van der Waals surface area contributed by atoms with Crippen LogP contribution in [-0.4, -0.2) is 39.6 Å². The van der Waals surface area contributed by atoms with E-state index in [2.05, 4.69) is 15.2 Å². The van der Waals surface area contributed by atoms with E-state index in [0.29, 0.717) is 28.2 Å². The number of amides is 1. The van der Waals surface area contributed by atoms with Crippen molar-refractivity contribution in [2.75, 3.05) is 13.7 Å². The molecule has 106 valence electrons. The van der Waals surface area contributed by atoms with Crippen molar-refractivity contribution in [1.82, 2.24) is 20.1 Å². The molecule has 0 saturated carbocycles. The van der Waals surface area contributed by atoms with Crippen LogP contribution >= 0.6 is 23.2 Å². The first kappa shape index (κ1) is 14.6. The van der Waals surface area contributed by atoms with E-state index in [9.17, 15) is 4.79 Å². The molecule has 0 aliphatic heterocycles. The van der Waals surface area contributed by atoms with Crippen LogP contribution in [0, 0.1) is 0 Å². The van der Waals surface area contributed by atoms with Crippen LogP contribution in [0.4, 0.5) is 0 Å². The van der Waals surface area contributed by atoms with Crippen molar-refractivity contribution in [2.45, 2.75) is 6.54 Å². The maximum atomic E-state index is 11.9. The Morgan fingerprint density at radius 1 is 1.40 bits per heavy atom. The van der Waals surface area contributed by atoms with Crippen molar-refractivity contribution in [3.05, 3.63) is 40.4 Å². The lowest BCUT2D eigenvalue weighted by Crippen LogP contribution is -2.31. The number of carbonyl (C=O) groups excluding carboxylic acids is 1. The zero-order valence-electron chi connectivity index (χ0n) is 10.6. The van der Waals surface area contributed by atoms with Gasteiger partial charge in [0.15, 0.2) is 6.61 Å². The summed E-state index contributed by atoms with van der Waals surface area (Å²) >= 11 is 11.7. The molecule has 8 heteroatoms. The van der Waals surface area contributed by atoms with E-state index in [-0.39, 0.29) is 12.5 Å². The third-order valence-electron chi connectivity index (χ3n) is 2.53. The van der Waals surface area contributed by atoms with Gasteiger partial charge in [-0.05, 0) is 12.1 Å². The first-order valence-corrected chi connectivity index (χ1v) is 6.48. The summed E-state index contributed by atoms with van der Waals surface area (Å²) < 4.78 is 5.36. The normalized spacial score (nSPS) is 10.3. The zero-order valence-corrected chi connectivity index (χ0v) is 12.1. The van der Waals surface area contributed by atoms with Gasteiger partial charge in [0.05, 0.1) is 16.6 Å². The summed E-state index contributed by atoms with van der Waals surface area (Å²) in [7, 11) is 1.66. The molecule has 0 bridgehead atoms. The molecule has 0 saturated heterocycles. The fraction of sp³-hybridized carbons (Fsp3) is 0.250. The van der Waals surface area contributed by atoms with Gasteiger partial charge in [-0.1, -0.05) is 23.2 Å². The molecule has 2 rings (SSSR count). The van der Waals surface area contributed by atoms with Gasteiger partial charge in [-0.25, -0.2) is 4.98 Å². The van der Waals surface area contributed by atoms with Gasteiger partial charge in [-0.3, -0.25) is 9.89 Å². The number of aromatic nitrogens is 3. The number of rotatable bonds is 5. The number of carbonyl (C=O) groups is 1. The Kier molecular flexibility index (Phi) is 4.81. The molecule has 1 heterocycles. The Morgan fingerprint density at radius 2 is 2.20 bits per heavy atom. The Morgan fingerprint density at radius 3 is 2.85 bits per heavy atom. The number of nitrogens with one attached hydrogen (secondary N) is 1. The number of hydrogen-bond donors (Lipinski definition) is 1. The van der Waals surface area contributed by atoms with Gasteiger partial charge < -0.3 is 9.64 Å². The van der Waals surface area contributed by atoms with E-state index in [0.717, 1.165) is 0 Å². The van der Waals surface area contributed by atoms with Crippen LogP contribution < -0.4 is 4.74 Å². The highest BCUT2D eigenvalue weighted by Crippen LogP contribution is 2.26. The quantitative estimate of drug-likeness (QED) is 0.918. The number of nitrogens with zero attached hydrogens (tertiary/aromatic N) is 3. The molecular weight excluding hydrogens is 303 g/mol. The van der Waals surface area contributed by atoms with Gasteiger partial charge in [0.25, 0.3) is 5.91 Å². The lowest BCUT2D eigenvalue weighted by Gasteiger charge is -2.16. The number of ether oxygens (including phenoxy) is 1. The molecule has 1 aromatic carbocycles. The second-order valence-electron chi connectivity index (χ2n) is 4.05. The number of aromatic amines is 1. The predicted molar refractivity (Wildman–Crippen MR) is 74.8 cm³/mol. The maximum absolute atomic E-state index is 11.9. The second-order valence-corrected chi connectivity index (χ2v) is 4.86. The Labute approximate surface area is 125 Å². The van der Waals surface area contributed by atoms with E-state index >= 15 is 0 Å². The molecule has 20 heavy (non-hydrogen) atoms. The summed E-state index contributed by atoms with van der Waals surface area (Å²) in [6, 6.07) is 4.83. The van der Waals surface area contributed by atoms with Crippen LogP contribution in [0.25, 0.3) is 0 Å². The van der Waals surface area contributed by atoms with Gasteiger partial charge in [-0.15, -0.1) is 0 Å². The van der Waals surface area contributed by atoms with Crippen LogP contribution in [0.3, 0.4) is 0 Å². The standard InChI is InChI=1S/C12H12Cl2N4O2/c1-18(5-11-15-7-16-17-11)12(19)6-20-8-2-3-9(13)10(14)4-8/h2-4,7H,5-6H2,1H3,(H,15,16,17). The topological polar surface area (TPSA) is 71.1 Å². The summed E-state index contributed by atoms with van der Waals surface area (Å²) in [6.45, 7) is 0.242. The van der Waals surface area contributed by atoms with E-state index in [1.807, 2.05) is 0 Å². The minimum Gasteiger partial charge on any atom is -0.484 e. The van der Waals surface area contributed by atoms with Crippen LogP contribution in [0.1, 0.15) is 5.82 Å². The summed E-state index contributed by atoms with van der Waals surface area (Å²) in [5.74, 6) is 0.906. The first-order valence-electron chi connectivity index (χ1n) is 5.72. The monoisotopic (exact) mass is 314 g/mol. The minimum absolute atomic E-state index is 0.0946. The van der Waals surface area contributed by atoms with Crippen molar-refractivity contribution >= 4 is 29.1 Å². The third kappa shape index (κ3) is 3.85. The van der Waals surface area contributed by atoms with Gasteiger partial charge in [-0.2, -0.15) is 5.10 Å². The molecule has 2 aromatic rings. The zero-order chi connectivity index (χ0) is 14.5. The Balaban J connectivity index is 1.86. The molecule has 0 aliphatic rings. The van der Waals surface area contributed by atoms with Gasteiger partial charge in [0.1, 0.15) is 17.9 Å². The molecule has 1 amide bonds. The number of H-pyrrole nitrogens is 1. The Hall–Kier alpha value is -1.79. The van der Waals surface area contributed by atoms with Gasteiger partial charge in [0.2, 0.25) is 0 Å². The minimum atomic E-state index is -0.188. The summed E-state index contributed by atoms with van der Waals surface area (Å²) in [5.41, 5.74) is 0. The Bertz CT molecular complexity index is 589. The maximum Gasteiger partial charge on any atom is 0.260 e. The summed E-state index contributed by atoms with van der Waals surface area (Å²) in [6.07, 6.45) is 1.39. The van der Waals surface area contributed by atoms with E-state index in [4.69, 9.17) is 27.9 Å². The van der Waals surface area contributed by atoms with Crippen molar-refractivity contribution in [3.63, 3.8) is 0 Å². The molecule has 1 aromatic heterocycles. The molecule has 0 fully saturated rings. The smallest absolute Gasteiger partial charge is 0.260 e. The highest BCUT2D eigenvalue weighted by atomic mass is 35.5. The van der Waals surface area contributed by atoms with Crippen molar-refractivity contribution in [2.24, 2.45) is 0 Å². The van der Waals surface area contributed by atoms with E-state index in [1.54, 1.807) is 25.2 Å². The van der Waals surface area contributed by atoms with E-state index < -0.39 is 0 Å². The molecule has 6 nitrogen and oxygen atoms in total. The highest BCUT2D eigenvalue weighted by Gasteiger charge is 2.12. The molecule has 0 radical (unpaired) electrons. The third-order valence-corrected chi connectivity index (χ3v) is 3.27. The van der Waals surface area contributed by atoms with Gasteiger partial charge >= 0.3 is 0 Å². The first-order chi connectivity index (χ1) is 9.56. The fourth-order valence-electron chi connectivity index (χ4n) is 1.44. The second kappa shape index (κ2) is 6.58. The van der Waals surface area contributed by atoms with Gasteiger partial charge in [0, 0.05) is 13.1 Å². The predicted octanol–water partition coefficient (Wildman–Crippen LogP) is 2.15. The molecule has 0 atom stereocenters. The fourth-order valence-corrected chi connectivity index (χ4v) is 1.73. The lowest BCUT2D eigenvalue weighted by atomic mass is 10.3. The number of benzene rings is 1. The van der Waals surface area contributed by atoms with Crippen molar-refractivity contribution in [1.29, 1.82) is 0 Å². The van der Waals surface area contributed by atoms with Crippen LogP contribution in [0.15, 0.2) is 24.5 Å². The lowest BCUT2D eigenvalue weighted by molar-refractivity contribution is -0.132. The molecule has 1 N–H and O–H groups in total. The molecule has 0 unspecified atom stereocenters. The number of likely N-dealkylation sites (N-methyl/N-ethyl adjacent to an activating group) is 1. The average molecular weight is 315 g/mol. The van der Waals surface area contributed by atoms with Crippen LogP contribution in [0.5, 0.6) is 5.75 Å². The molecular formula is C12H12Cl2N4O2. The van der Waals surface area contributed by atoms with Crippen LogP contribution in [0.2, 0.25) is 10.0 Å². The largest absolute Gasteiger partial charge is 0.484 e. The number of halogens is 2. The molecule has 0 aliphatic carbocycles. The van der Waals surface area contributed by atoms with Crippen molar-refractivity contribution in [3.8, 4) is 5.75 Å². The summed E-state index contributed by atoms with van der Waals surface area (Å²) in [5, 5.41) is 7.21.